The van der Waals surface area contributed by atoms with Crippen molar-refractivity contribution in [3.05, 3.63) is 58.3 Å². The number of hydrogen-bond acceptors (Lipinski definition) is 2. The number of carbonyl (C=O) groups is 2. The van der Waals surface area contributed by atoms with Crippen LogP contribution in [0.2, 0.25) is 0 Å². The van der Waals surface area contributed by atoms with E-state index in [0.29, 0.717) is 11.4 Å². The lowest BCUT2D eigenvalue weighted by Crippen LogP contribution is -2.32. The second-order valence-corrected chi connectivity index (χ2v) is 6.28. The first-order valence-corrected chi connectivity index (χ1v) is 8.26. The van der Waals surface area contributed by atoms with Gasteiger partial charge in [0.05, 0.1) is 5.69 Å². The van der Waals surface area contributed by atoms with E-state index in [2.05, 4.69) is 21.2 Å². The van der Waals surface area contributed by atoms with E-state index >= 15 is 0 Å². The van der Waals surface area contributed by atoms with Crippen LogP contribution >= 0.6 is 15.9 Å². The Labute approximate surface area is 148 Å². The Morgan fingerprint density at radius 2 is 1.83 bits per heavy atom. The van der Waals surface area contributed by atoms with E-state index in [9.17, 15) is 14.0 Å². The average molecular weight is 393 g/mol. The van der Waals surface area contributed by atoms with Crippen LogP contribution in [0.4, 0.5) is 15.8 Å². The van der Waals surface area contributed by atoms with Gasteiger partial charge in [0.15, 0.2) is 0 Å². The molecule has 2 aromatic carbocycles. The summed E-state index contributed by atoms with van der Waals surface area (Å²) in [5.41, 5.74) is 2.33. The zero-order valence-corrected chi connectivity index (χ0v) is 15.1. The van der Waals surface area contributed by atoms with Crippen LogP contribution in [-0.4, -0.2) is 18.4 Å². The quantitative estimate of drug-likeness (QED) is 0.825. The predicted octanol–water partition coefficient (Wildman–Crippen LogP) is 4.28. The summed E-state index contributed by atoms with van der Waals surface area (Å²) in [6.07, 6.45) is 0.136. The zero-order chi connectivity index (χ0) is 17.7. The lowest BCUT2D eigenvalue weighted by molar-refractivity contribution is -0.117. The first-order valence-electron chi connectivity index (χ1n) is 7.46. The molecule has 0 saturated carbocycles. The van der Waals surface area contributed by atoms with Crippen molar-refractivity contribution in [2.24, 2.45) is 0 Å². The third kappa shape index (κ3) is 4.89. The number of rotatable bonds is 5. The van der Waals surface area contributed by atoms with E-state index in [1.54, 1.807) is 0 Å². The molecule has 0 aliphatic carbocycles. The second kappa shape index (κ2) is 8.06. The van der Waals surface area contributed by atoms with Crippen LogP contribution in [0.15, 0.2) is 46.9 Å². The van der Waals surface area contributed by atoms with Crippen LogP contribution < -0.4 is 10.2 Å². The molecule has 0 bridgehead atoms. The fraction of sp³-hybridized carbons (Fsp3) is 0.222. The van der Waals surface area contributed by atoms with Gasteiger partial charge < -0.3 is 10.2 Å². The summed E-state index contributed by atoms with van der Waals surface area (Å²) >= 11 is 3.41. The Hall–Kier alpha value is -2.21. The number of benzene rings is 2. The molecule has 2 aromatic rings. The van der Waals surface area contributed by atoms with Crippen molar-refractivity contribution in [3.63, 3.8) is 0 Å². The largest absolute Gasteiger partial charge is 0.325 e. The van der Waals surface area contributed by atoms with Crippen molar-refractivity contribution < 1.29 is 14.0 Å². The SMILES string of the molecule is CC(=O)N(CCC(=O)Nc1ccc(C)cc1Br)c1ccc(F)cc1. The van der Waals surface area contributed by atoms with Crippen LogP contribution in [-0.2, 0) is 9.59 Å². The molecule has 1 N–H and O–H groups in total. The molecule has 0 saturated heterocycles. The monoisotopic (exact) mass is 392 g/mol. The Morgan fingerprint density at radius 3 is 2.42 bits per heavy atom. The third-order valence-corrected chi connectivity index (χ3v) is 4.14. The molecule has 126 valence electrons. The average Bonchev–Trinajstić information content (AvgIpc) is 2.52. The highest BCUT2D eigenvalue weighted by molar-refractivity contribution is 9.10. The van der Waals surface area contributed by atoms with Gasteiger partial charge in [-0.3, -0.25) is 9.59 Å². The van der Waals surface area contributed by atoms with Gasteiger partial charge in [0.25, 0.3) is 0 Å². The molecule has 0 aliphatic heterocycles. The molecule has 24 heavy (non-hydrogen) atoms. The number of nitrogens with one attached hydrogen (secondary N) is 1. The van der Waals surface area contributed by atoms with Crippen molar-refractivity contribution in [2.75, 3.05) is 16.8 Å². The molecular formula is C18H18BrFN2O2. The number of amides is 2. The summed E-state index contributed by atoms with van der Waals surface area (Å²) in [6.45, 7) is 3.60. The summed E-state index contributed by atoms with van der Waals surface area (Å²) in [6, 6.07) is 11.2. The second-order valence-electron chi connectivity index (χ2n) is 5.43. The first kappa shape index (κ1) is 18.1. The van der Waals surface area contributed by atoms with Crippen LogP contribution in [0.3, 0.4) is 0 Å². The normalized spacial score (nSPS) is 10.3. The summed E-state index contributed by atoms with van der Waals surface area (Å²) in [4.78, 5) is 25.4. The van der Waals surface area contributed by atoms with Gasteiger partial charge in [0.1, 0.15) is 5.82 Å². The van der Waals surface area contributed by atoms with E-state index < -0.39 is 0 Å². The van der Waals surface area contributed by atoms with Crippen molar-refractivity contribution in [2.45, 2.75) is 20.3 Å². The van der Waals surface area contributed by atoms with Gasteiger partial charge in [-0.05, 0) is 64.8 Å². The third-order valence-electron chi connectivity index (χ3n) is 3.48. The number of hydrogen-bond donors (Lipinski definition) is 1. The van der Waals surface area contributed by atoms with Crippen LogP contribution in [0.5, 0.6) is 0 Å². The minimum atomic E-state index is -0.371. The minimum absolute atomic E-state index is 0.136. The van der Waals surface area contributed by atoms with Crippen molar-refractivity contribution >= 4 is 39.1 Å². The highest BCUT2D eigenvalue weighted by Crippen LogP contribution is 2.23. The molecule has 0 heterocycles. The Morgan fingerprint density at radius 1 is 1.17 bits per heavy atom. The summed E-state index contributed by atoms with van der Waals surface area (Å²) in [5.74, 6) is -0.775. The maximum absolute atomic E-state index is 13.0. The van der Waals surface area contributed by atoms with E-state index in [0.717, 1.165) is 10.0 Å². The molecule has 0 aromatic heterocycles. The van der Waals surface area contributed by atoms with Crippen molar-refractivity contribution in [1.29, 1.82) is 0 Å². The molecule has 0 spiro atoms. The molecule has 0 aliphatic rings. The van der Waals surface area contributed by atoms with Crippen LogP contribution in [0, 0.1) is 12.7 Å². The van der Waals surface area contributed by atoms with Crippen LogP contribution in [0.1, 0.15) is 18.9 Å². The van der Waals surface area contributed by atoms with E-state index in [-0.39, 0.29) is 30.6 Å². The molecule has 0 radical (unpaired) electrons. The number of aryl methyl sites for hydroxylation is 1. The minimum Gasteiger partial charge on any atom is -0.325 e. The summed E-state index contributed by atoms with van der Waals surface area (Å²) in [5, 5.41) is 2.81. The van der Waals surface area contributed by atoms with Crippen molar-refractivity contribution in [3.8, 4) is 0 Å². The Bertz CT molecular complexity index is 747. The maximum atomic E-state index is 13.0. The molecule has 6 heteroatoms. The number of halogens is 2. The van der Waals surface area contributed by atoms with Gasteiger partial charge in [-0.1, -0.05) is 6.07 Å². The zero-order valence-electron chi connectivity index (χ0n) is 13.5. The number of carbonyl (C=O) groups excluding carboxylic acids is 2. The topological polar surface area (TPSA) is 49.4 Å². The number of anilines is 2. The predicted molar refractivity (Wildman–Crippen MR) is 96.6 cm³/mol. The Balaban J connectivity index is 2.00. The van der Waals surface area contributed by atoms with Gasteiger partial charge in [0.2, 0.25) is 11.8 Å². The number of nitrogens with zero attached hydrogens (tertiary/aromatic N) is 1. The Kier molecular flexibility index (Phi) is 6.09. The van der Waals surface area contributed by atoms with Gasteiger partial charge in [-0.2, -0.15) is 0 Å². The van der Waals surface area contributed by atoms with E-state index in [4.69, 9.17) is 0 Å². The molecule has 0 unspecified atom stereocenters. The van der Waals surface area contributed by atoms with Gasteiger partial charge in [0, 0.05) is 30.0 Å². The summed E-state index contributed by atoms with van der Waals surface area (Å²) in [7, 11) is 0. The molecule has 2 rings (SSSR count). The lowest BCUT2D eigenvalue weighted by Gasteiger charge is -2.21. The van der Waals surface area contributed by atoms with Gasteiger partial charge in [-0.25, -0.2) is 4.39 Å². The van der Waals surface area contributed by atoms with Gasteiger partial charge in [-0.15, -0.1) is 0 Å². The fourth-order valence-corrected chi connectivity index (χ4v) is 2.83. The lowest BCUT2D eigenvalue weighted by atomic mass is 10.2. The maximum Gasteiger partial charge on any atom is 0.226 e. The van der Waals surface area contributed by atoms with Gasteiger partial charge >= 0.3 is 0 Å². The fourth-order valence-electron chi connectivity index (χ4n) is 2.24. The summed E-state index contributed by atoms with van der Waals surface area (Å²) < 4.78 is 13.8. The van der Waals surface area contributed by atoms with E-state index in [1.807, 2.05) is 25.1 Å². The molecule has 0 atom stereocenters. The molecule has 4 nitrogen and oxygen atoms in total. The first-order chi connectivity index (χ1) is 11.4. The molecule has 0 fully saturated rings. The van der Waals surface area contributed by atoms with Crippen molar-refractivity contribution in [1.82, 2.24) is 0 Å². The smallest absolute Gasteiger partial charge is 0.226 e. The highest BCUT2D eigenvalue weighted by Gasteiger charge is 2.14. The molecule has 2 amide bonds. The van der Waals surface area contributed by atoms with Crippen LogP contribution in [0.25, 0.3) is 0 Å². The standard InChI is InChI=1S/C18H18BrFN2O2/c1-12-3-8-17(16(19)11-12)21-18(24)9-10-22(13(2)23)15-6-4-14(20)5-7-15/h3-8,11H,9-10H2,1-2H3,(H,21,24). The highest BCUT2D eigenvalue weighted by atomic mass is 79.9. The van der Waals surface area contributed by atoms with E-state index in [1.165, 1.54) is 36.1 Å². The molecular weight excluding hydrogens is 375 g/mol.